The van der Waals surface area contributed by atoms with Crippen molar-refractivity contribution in [3.63, 3.8) is 0 Å². The van der Waals surface area contributed by atoms with Crippen molar-refractivity contribution in [2.24, 2.45) is 5.92 Å². The van der Waals surface area contributed by atoms with E-state index in [1.807, 2.05) is 0 Å². The van der Waals surface area contributed by atoms with Gasteiger partial charge in [0.2, 0.25) is 5.91 Å². The zero-order chi connectivity index (χ0) is 19.9. The molecule has 0 aromatic carbocycles. The molecule has 3 heterocycles. The number of likely N-dealkylation sites (N-methyl/N-ethyl adjacent to an activating group) is 1. The first-order valence-electron chi connectivity index (χ1n) is 11.2. The molecule has 0 aliphatic carbocycles. The highest BCUT2D eigenvalue weighted by molar-refractivity contribution is 5.76. The molecule has 156 valence electrons. The molecule has 3 rings (SSSR count). The number of likely N-dealkylation sites (tertiary alicyclic amines) is 1. The minimum absolute atomic E-state index is 0.372. The van der Waals surface area contributed by atoms with E-state index in [1.54, 1.807) is 0 Å². The van der Waals surface area contributed by atoms with E-state index >= 15 is 0 Å². The smallest absolute Gasteiger partial charge is 0.222 e. The minimum atomic E-state index is 0.372. The number of piperazine rings is 1. The van der Waals surface area contributed by atoms with Gasteiger partial charge in [-0.05, 0) is 70.8 Å². The van der Waals surface area contributed by atoms with E-state index in [4.69, 9.17) is 0 Å². The fourth-order valence-corrected chi connectivity index (χ4v) is 4.63. The zero-order valence-corrected chi connectivity index (χ0v) is 18.1. The van der Waals surface area contributed by atoms with Crippen LogP contribution in [0.3, 0.4) is 0 Å². The lowest BCUT2D eigenvalue weighted by Gasteiger charge is -2.37. The van der Waals surface area contributed by atoms with Gasteiger partial charge >= 0.3 is 0 Å². The molecule has 2 aliphatic heterocycles. The SMILES string of the molecule is CCN1CCN(C(=O)CCC2CCN([C@@H](C)Cc3cccc(C)n3)CC2)CC1. The quantitative estimate of drug-likeness (QED) is 0.722. The second-order valence-electron chi connectivity index (χ2n) is 8.66. The number of aryl methyl sites for hydroxylation is 1. The van der Waals surface area contributed by atoms with Gasteiger partial charge in [0.05, 0.1) is 0 Å². The van der Waals surface area contributed by atoms with Gasteiger partial charge in [-0.3, -0.25) is 9.78 Å². The molecule has 2 saturated heterocycles. The van der Waals surface area contributed by atoms with Gasteiger partial charge in [-0.2, -0.15) is 0 Å². The fraction of sp³-hybridized carbons (Fsp3) is 0.739. The van der Waals surface area contributed by atoms with Gasteiger partial charge in [-0.1, -0.05) is 13.0 Å². The number of rotatable bonds is 7. The van der Waals surface area contributed by atoms with Crippen molar-refractivity contribution in [3.8, 4) is 0 Å². The van der Waals surface area contributed by atoms with E-state index in [-0.39, 0.29) is 0 Å². The first-order chi connectivity index (χ1) is 13.5. The number of carbonyl (C=O) groups is 1. The van der Waals surface area contributed by atoms with Gasteiger partial charge in [-0.15, -0.1) is 0 Å². The Morgan fingerprint density at radius 1 is 1.14 bits per heavy atom. The summed E-state index contributed by atoms with van der Waals surface area (Å²) in [5.74, 6) is 1.08. The van der Waals surface area contributed by atoms with Crippen LogP contribution in [0.4, 0.5) is 0 Å². The number of carbonyl (C=O) groups excluding carboxylic acids is 1. The summed E-state index contributed by atoms with van der Waals surface area (Å²) in [7, 11) is 0. The average molecular weight is 387 g/mol. The van der Waals surface area contributed by atoms with Crippen LogP contribution < -0.4 is 0 Å². The van der Waals surface area contributed by atoms with Crippen LogP contribution >= 0.6 is 0 Å². The Bertz CT molecular complexity index is 619. The van der Waals surface area contributed by atoms with E-state index in [9.17, 15) is 4.79 Å². The third kappa shape index (κ3) is 6.02. The molecule has 1 amide bonds. The van der Waals surface area contributed by atoms with Gasteiger partial charge < -0.3 is 14.7 Å². The van der Waals surface area contributed by atoms with Gasteiger partial charge in [0, 0.05) is 56.5 Å². The number of pyridine rings is 1. The summed E-state index contributed by atoms with van der Waals surface area (Å²) in [5, 5.41) is 0. The van der Waals surface area contributed by atoms with Crippen molar-refractivity contribution in [1.29, 1.82) is 0 Å². The lowest BCUT2D eigenvalue weighted by molar-refractivity contribution is -0.133. The number of hydrogen-bond donors (Lipinski definition) is 0. The zero-order valence-electron chi connectivity index (χ0n) is 18.1. The van der Waals surface area contributed by atoms with Crippen molar-refractivity contribution >= 4 is 5.91 Å². The summed E-state index contributed by atoms with van der Waals surface area (Å²) >= 11 is 0. The number of aromatic nitrogens is 1. The normalized spacial score (nSPS) is 21.0. The number of nitrogens with zero attached hydrogens (tertiary/aromatic N) is 4. The van der Waals surface area contributed by atoms with E-state index in [0.29, 0.717) is 17.9 Å². The molecule has 1 aromatic rings. The van der Waals surface area contributed by atoms with E-state index < -0.39 is 0 Å². The molecule has 0 N–H and O–H groups in total. The first kappa shape index (κ1) is 21.3. The van der Waals surface area contributed by atoms with Crippen LogP contribution in [0.1, 0.15) is 50.9 Å². The number of amides is 1. The topological polar surface area (TPSA) is 39.7 Å². The highest BCUT2D eigenvalue weighted by Gasteiger charge is 2.25. The monoisotopic (exact) mass is 386 g/mol. The summed E-state index contributed by atoms with van der Waals surface area (Å²) in [4.78, 5) is 24.3. The molecule has 0 unspecified atom stereocenters. The van der Waals surface area contributed by atoms with E-state index in [2.05, 4.69) is 58.7 Å². The van der Waals surface area contributed by atoms with Crippen molar-refractivity contribution < 1.29 is 4.79 Å². The second kappa shape index (κ2) is 10.4. The second-order valence-corrected chi connectivity index (χ2v) is 8.66. The molecule has 5 nitrogen and oxygen atoms in total. The van der Waals surface area contributed by atoms with E-state index in [1.165, 1.54) is 18.5 Å². The maximum Gasteiger partial charge on any atom is 0.222 e. The lowest BCUT2D eigenvalue weighted by atomic mass is 9.91. The Morgan fingerprint density at radius 3 is 2.50 bits per heavy atom. The van der Waals surface area contributed by atoms with Gasteiger partial charge in [-0.25, -0.2) is 0 Å². The summed E-state index contributed by atoms with van der Waals surface area (Å²) < 4.78 is 0. The summed E-state index contributed by atoms with van der Waals surface area (Å²) in [6, 6.07) is 6.84. The first-order valence-corrected chi connectivity index (χ1v) is 11.2. The molecule has 1 atom stereocenters. The van der Waals surface area contributed by atoms with Crippen molar-refractivity contribution in [2.45, 2.75) is 58.9 Å². The molecule has 5 heteroatoms. The van der Waals surface area contributed by atoms with Crippen LogP contribution in [0.25, 0.3) is 0 Å². The number of hydrogen-bond acceptors (Lipinski definition) is 4. The summed E-state index contributed by atoms with van der Waals surface area (Å²) in [6.45, 7) is 13.9. The predicted molar refractivity (Wildman–Crippen MR) is 114 cm³/mol. The van der Waals surface area contributed by atoms with Crippen LogP contribution in [0, 0.1) is 12.8 Å². The molecule has 0 bridgehead atoms. The Labute approximate surface area is 171 Å². The maximum atomic E-state index is 12.5. The number of piperidine rings is 1. The molecule has 2 aliphatic rings. The standard InChI is InChI=1S/C23H38N4O/c1-4-25-14-16-27(17-15-25)23(28)9-8-21-10-12-26(13-11-21)20(3)18-22-7-5-6-19(2)24-22/h5-7,20-21H,4,8-18H2,1-3H3/t20-/m0/s1. The Hall–Kier alpha value is -1.46. The van der Waals surface area contributed by atoms with Crippen LogP contribution in [0.15, 0.2) is 18.2 Å². The summed E-state index contributed by atoms with van der Waals surface area (Å²) in [6.07, 6.45) is 5.27. The van der Waals surface area contributed by atoms with Crippen LogP contribution in [-0.2, 0) is 11.2 Å². The van der Waals surface area contributed by atoms with Crippen molar-refractivity contribution in [2.75, 3.05) is 45.8 Å². The molecule has 2 fully saturated rings. The van der Waals surface area contributed by atoms with Crippen LogP contribution in [-0.4, -0.2) is 77.4 Å². The van der Waals surface area contributed by atoms with Crippen LogP contribution in [0.5, 0.6) is 0 Å². The Kier molecular flexibility index (Phi) is 7.86. The summed E-state index contributed by atoms with van der Waals surface area (Å²) in [5.41, 5.74) is 2.30. The largest absolute Gasteiger partial charge is 0.340 e. The van der Waals surface area contributed by atoms with Gasteiger partial charge in [0.1, 0.15) is 0 Å². The van der Waals surface area contributed by atoms with Gasteiger partial charge in [0.25, 0.3) is 0 Å². The fourth-order valence-electron chi connectivity index (χ4n) is 4.63. The van der Waals surface area contributed by atoms with Crippen molar-refractivity contribution in [3.05, 3.63) is 29.6 Å². The van der Waals surface area contributed by atoms with Gasteiger partial charge in [0.15, 0.2) is 0 Å². The average Bonchev–Trinajstić information content (AvgIpc) is 2.72. The molecule has 0 saturated carbocycles. The van der Waals surface area contributed by atoms with Crippen LogP contribution in [0.2, 0.25) is 0 Å². The molecular weight excluding hydrogens is 348 g/mol. The highest BCUT2D eigenvalue weighted by atomic mass is 16.2. The lowest BCUT2D eigenvalue weighted by Crippen LogP contribution is -2.48. The molecule has 1 aromatic heterocycles. The molecule has 0 spiro atoms. The third-order valence-electron chi connectivity index (χ3n) is 6.66. The maximum absolute atomic E-state index is 12.5. The van der Waals surface area contributed by atoms with Crippen molar-refractivity contribution in [1.82, 2.24) is 19.7 Å². The molecule has 28 heavy (non-hydrogen) atoms. The third-order valence-corrected chi connectivity index (χ3v) is 6.66. The van der Waals surface area contributed by atoms with E-state index in [0.717, 1.165) is 70.8 Å². The Morgan fingerprint density at radius 2 is 1.86 bits per heavy atom. The predicted octanol–water partition coefficient (Wildman–Crippen LogP) is 2.98. The Balaban J connectivity index is 1.35. The highest BCUT2D eigenvalue weighted by Crippen LogP contribution is 2.24. The molecular formula is C23H38N4O. The minimum Gasteiger partial charge on any atom is -0.340 e. The molecule has 0 radical (unpaired) electrons.